The molecule has 2 atom stereocenters. The molecular weight excluding hydrogens is 370 g/mol. The standard InChI is InChI=1S/C19H24F2N4OS/c1-11(2)8-13-4-6-14-17(27(22)24-13)10-25(3)18(14)19(26)23-12-5-7-15(20)16(21)9-12/h5,7,9-11,13H,4,6,8H2,1-3H3,(H2,22,24)(H,23,26)/t13-,27?/m1/s1. The Morgan fingerprint density at radius 2 is 2.15 bits per heavy atom. The third-order valence-corrected chi connectivity index (χ3v) is 6.00. The van der Waals surface area contributed by atoms with Crippen LogP contribution in [0.15, 0.2) is 29.3 Å². The van der Waals surface area contributed by atoms with Crippen LogP contribution in [-0.4, -0.2) is 16.5 Å². The number of anilines is 1. The topological polar surface area (TPSA) is 69.9 Å². The normalized spacial score (nSPS) is 19.6. The molecule has 2 heterocycles. The van der Waals surface area contributed by atoms with Crippen LogP contribution < -0.4 is 10.0 Å². The maximum absolute atomic E-state index is 13.4. The Labute approximate surface area is 160 Å². The molecule has 0 aliphatic carbocycles. The summed E-state index contributed by atoms with van der Waals surface area (Å²) >= 11 is 0. The molecule has 1 aromatic carbocycles. The molecule has 3 N–H and O–H groups in total. The second kappa shape index (κ2) is 7.90. The average molecular weight is 394 g/mol. The summed E-state index contributed by atoms with van der Waals surface area (Å²) in [4.78, 5) is 13.6. The van der Waals surface area contributed by atoms with Gasteiger partial charge in [-0.15, -0.1) is 0 Å². The van der Waals surface area contributed by atoms with Crippen LogP contribution in [0, 0.1) is 22.3 Å². The van der Waals surface area contributed by atoms with Crippen molar-refractivity contribution in [3.8, 4) is 0 Å². The number of aryl methyl sites for hydroxylation is 1. The number of amides is 1. The molecule has 0 fully saturated rings. The lowest BCUT2D eigenvalue weighted by molar-refractivity contribution is 0.101. The van der Waals surface area contributed by atoms with E-state index in [1.807, 2.05) is 6.20 Å². The smallest absolute Gasteiger partial charge is 0.272 e. The van der Waals surface area contributed by atoms with Gasteiger partial charge in [0.15, 0.2) is 11.6 Å². The van der Waals surface area contributed by atoms with E-state index >= 15 is 0 Å². The van der Waals surface area contributed by atoms with Crippen molar-refractivity contribution in [2.24, 2.45) is 13.0 Å². The minimum atomic E-state index is -1.01. The number of carbonyl (C=O) groups is 1. The largest absolute Gasteiger partial charge is 0.345 e. The first-order valence-corrected chi connectivity index (χ1v) is 10.1. The number of nitrogens with one attached hydrogen (secondary N) is 3. The molecule has 27 heavy (non-hydrogen) atoms. The van der Waals surface area contributed by atoms with Crippen LogP contribution in [0.25, 0.3) is 0 Å². The Balaban J connectivity index is 1.86. The molecule has 0 saturated carbocycles. The highest BCUT2D eigenvalue weighted by Crippen LogP contribution is 2.28. The lowest BCUT2D eigenvalue weighted by Gasteiger charge is -2.18. The molecule has 1 aliphatic heterocycles. The van der Waals surface area contributed by atoms with Gasteiger partial charge in [-0.3, -0.25) is 9.57 Å². The van der Waals surface area contributed by atoms with Crippen LogP contribution in [-0.2, 0) is 24.3 Å². The summed E-state index contributed by atoms with van der Waals surface area (Å²) in [6.45, 7) is 4.31. The fourth-order valence-corrected chi connectivity index (χ4v) is 4.85. The van der Waals surface area contributed by atoms with Gasteiger partial charge in [0.25, 0.3) is 5.91 Å². The van der Waals surface area contributed by atoms with E-state index in [0.29, 0.717) is 18.0 Å². The highest BCUT2D eigenvalue weighted by atomic mass is 32.2. The van der Waals surface area contributed by atoms with E-state index in [1.54, 1.807) is 11.6 Å². The van der Waals surface area contributed by atoms with E-state index in [0.717, 1.165) is 35.4 Å². The van der Waals surface area contributed by atoms with Gasteiger partial charge in [0.1, 0.15) is 5.69 Å². The van der Waals surface area contributed by atoms with Crippen LogP contribution in [0.4, 0.5) is 14.5 Å². The summed E-state index contributed by atoms with van der Waals surface area (Å²) in [7, 11) is 0.863. The minimum Gasteiger partial charge on any atom is -0.345 e. The number of fused-ring (bicyclic) bond motifs is 1. The van der Waals surface area contributed by atoms with E-state index in [2.05, 4.69) is 23.9 Å². The first kappa shape index (κ1) is 19.7. The molecule has 1 unspecified atom stereocenters. The molecule has 3 rings (SSSR count). The number of hydrogen-bond donors (Lipinski definition) is 3. The van der Waals surface area contributed by atoms with Gasteiger partial charge in [-0.25, -0.2) is 13.5 Å². The Morgan fingerprint density at radius 3 is 2.81 bits per heavy atom. The molecule has 0 saturated heterocycles. The summed E-state index contributed by atoms with van der Waals surface area (Å²) < 4.78 is 40.1. The zero-order chi connectivity index (χ0) is 19.7. The lowest BCUT2D eigenvalue weighted by atomic mass is 9.98. The van der Waals surface area contributed by atoms with Crippen LogP contribution in [0.3, 0.4) is 0 Å². The van der Waals surface area contributed by atoms with Gasteiger partial charge in [-0.05, 0) is 53.8 Å². The fourth-order valence-electron chi connectivity index (χ4n) is 3.47. The molecule has 0 radical (unpaired) electrons. The Morgan fingerprint density at radius 1 is 1.41 bits per heavy atom. The molecule has 146 valence electrons. The van der Waals surface area contributed by atoms with Crippen molar-refractivity contribution in [2.45, 2.75) is 44.0 Å². The summed E-state index contributed by atoms with van der Waals surface area (Å²) in [6.07, 6.45) is 4.35. The van der Waals surface area contributed by atoms with Gasteiger partial charge in [0, 0.05) is 31.0 Å². The van der Waals surface area contributed by atoms with Crippen LogP contribution in [0.1, 0.15) is 42.7 Å². The molecule has 0 spiro atoms. The lowest BCUT2D eigenvalue weighted by Crippen LogP contribution is -2.30. The Kier molecular flexibility index (Phi) is 5.76. The maximum Gasteiger partial charge on any atom is 0.272 e. The van der Waals surface area contributed by atoms with Crippen molar-refractivity contribution in [3.05, 3.63) is 47.3 Å². The highest BCUT2D eigenvalue weighted by Gasteiger charge is 2.27. The van der Waals surface area contributed by atoms with E-state index in [1.165, 1.54) is 6.07 Å². The monoisotopic (exact) mass is 394 g/mol. The summed E-state index contributed by atoms with van der Waals surface area (Å²) in [5.41, 5.74) is 1.52. The first-order chi connectivity index (χ1) is 12.8. The van der Waals surface area contributed by atoms with Gasteiger partial charge >= 0.3 is 0 Å². The van der Waals surface area contributed by atoms with Gasteiger partial charge in [0.2, 0.25) is 0 Å². The Bertz CT molecular complexity index is 894. The maximum atomic E-state index is 13.4. The van der Waals surface area contributed by atoms with E-state index in [9.17, 15) is 13.6 Å². The molecular formula is C19H24F2N4OS. The third kappa shape index (κ3) is 4.27. The summed E-state index contributed by atoms with van der Waals surface area (Å²) in [6, 6.07) is 3.51. The minimum absolute atomic E-state index is 0.197. The quantitative estimate of drug-likeness (QED) is 0.729. The van der Waals surface area contributed by atoms with Gasteiger partial charge in [0.05, 0.1) is 4.90 Å². The average Bonchev–Trinajstić information content (AvgIpc) is 2.84. The van der Waals surface area contributed by atoms with E-state index in [-0.39, 0.29) is 17.6 Å². The molecule has 2 aromatic rings. The molecule has 5 nitrogen and oxygen atoms in total. The van der Waals surface area contributed by atoms with Crippen LogP contribution in [0.5, 0.6) is 0 Å². The number of rotatable bonds is 4. The van der Waals surface area contributed by atoms with Gasteiger partial charge in [-0.1, -0.05) is 13.8 Å². The second-order valence-electron chi connectivity index (χ2n) is 7.30. The van der Waals surface area contributed by atoms with E-state index in [4.69, 9.17) is 4.78 Å². The number of hydrogen-bond acceptors (Lipinski definition) is 2. The van der Waals surface area contributed by atoms with Crippen molar-refractivity contribution in [1.82, 2.24) is 9.29 Å². The molecule has 0 bridgehead atoms. The van der Waals surface area contributed by atoms with Crippen molar-refractivity contribution in [3.63, 3.8) is 0 Å². The van der Waals surface area contributed by atoms with Gasteiger partial charge < -0.3 is 9.88 Å². The zero-order valence-electron chi connectivity index (χ0n) is 15.6. The van der Waals surface area contributed by atoms with Crippen LogP contribution >= 0.6 is 0 Å². The zero-order valence-corrected chi connectivity index (χ0v) is 16.4. The van der Waals surface area contributed by atoms with Crippen molar-refractivity contribution in [2.75, 3.05) is 5.32 Å². The molecule has 8 heteroatoms. The Hall–Kier alpha value is -2.06. The number of benzene rings is 1. The number of carbonyl (C=O) groups excluding carboxylic acids is 1. The van der Waals surface area contributed by atoms with Crippen molar-refractivity contribution >= 4 is 22.5 Å². The summed E-state index contributed by atoms with van der Waals surface area (Å²) in [5.74, 6) is -1.82. The molecule has 1 aliphatic rings. The van der Waals surface area contributed by atoms with E-state index < -0.39 is 22.5 Å². The van der Waals surface area contributed by atoms with Crippen molar-refractivity contribution in [1.29, 1.82) is 4.78 Å². The first-order valence-electron chi connectivity index (χ1n) is 8.92. The number of aromatic nitrogens is 1. The SMILES string of the molecule is CC(C)C[C@H]1CCc2c(cn(C)c2C(=O)Nc2ccc(F)c(F)c2)S(=N)N1. The number of halogens is 2. The predicted molar refractivity (Wildman–Crippen MR) is 103 cm³/mol. The third-order valence-electron chi connectivity index (χ3n) is 4.64. The predicted octanol–water partition coefficient (Wildman–Crippen LogP) is 4.16. The molecule has 1 amide bonds. The summed E-state index contributed by atoms with van der Waals surface area (Å²) in [5, 5.41) is 2.64. The van der Waals surface area contributed by atoms with Crippen molar-refractivity contribution < 1.29 is 13.6 Å². The van der Waals surface area contributed by atoms with Crippen LogP contribution in [0.2, 0.25) is 0 Å². The van der Waals surface area contributed by atoms with Gasteiger partial charge in [-0.2, -0.15) is 0 Å². The number of nitrogens with zero attached hydrogens (tertiary/aromatic N) is 1. The molecule has 1 aromatic heterocycles. The highest BCUT2D eigenvalue weighted by molar-refractivity contribution is 7.84. The fraction of sp³-hybridized carbons (Fsp3) is 0.421. The second-order valence-corrected chi connectivity index (χ2v) is 8.59.